The van der Waals surface area contributed by atoms with Crippen LogP contribution in [0.1, 0.15) is 13.3 Å². The van der Waals surface area contributed by atoms with E-state index in [0.29, 0.717) is 0 Å². The third-order valence-corrected chi connectivity index (χ3v) is 2.64. The number of terminal acetylenes is 1. The van der Waals surface area contributed by atoms with E-state index in [4.69, 9.17) is 11.5 Å². The number of nitrogens with one attached hydrogen (secondary N) is 1. The zero-order valence-electron chi connectivity index (χ0n) is 7.75. The van der Waals surface area contributed by atoms with Crippen LogP contribution >= 0.6 is 11.8 Å². The van der Waals surface area contributed by atoms with Crippen molar-refractivity contribution >= 4 is 17.7 Å². The molecule has 0 aromatic carbocycles. The Kier molecular flexibility index (Phi) is 7.56. The van der Waals surface area contributed by atoms with Crippen molar-refractivity contribution in [2.75, 3.05) is 18.9 Å². The van der Waals surface area contributed by atoms with E-state index in [1.165, 1.54) is 11.8 Å². The molecule has 0 aliphatic heterocycles. The molecule has 2 N–H and O–H groups in total. The second-order valence-electron chi connectivity index (χ2n) is 2.51. The summed E-state index contributed by atoms with van der Waals surface area (Å²) >= 11 is 1.52. The lowest BCUT2D eigenvalue weighted by Gasteiger charge is -2.09. The van der Waals surface area contributed by atoms with Crippen LogP contribution in [0.3, 0.4) is 0 Å². The Morgan fingerprint density at radius 1 is 1.77 bits per heavy atom. The predicted molar refractivity (Wildman–Crippen MR) is 55.5 cm³/mol. The van der Waals surface area contributed by atoms with Crippen LogP contribution in [0.5, 0.6) is 0 Å². The highest BCUT2D eigenvalue weighted by atomic mass is 32.2. The molecule has 0 heterocycles. The number of thioether (sulfide) groups is 1. The van der Waals surface area contributed by atoms with E-state index in [2.05, 4.69) is 11.2 Å². The van der Waals surface area contributed by atoms with Gasteiger partial charge < -0.3 is 10.4 Å². The number of carbonyl (C=O) groups is 1. The number of hydrogen-bond donors (Lipinski definition) is 2. The van der Waals surface area contributed by atoms with Gasteiger partial charge >= 0.3 is 0 Å². The van der Waals surface area contributed by atoms with Crippen molar-refractivity contribution in [2.24, 2.45) is 0 Å². The molecule has 0 aliphatic carbocycles. The molecular formula is C9H15NO2S. The van der Waals surface area contributed by atoms with E-state index in [0.717, 1.165) is 12.2 Å². The molecule has 0 aromatic heterocycles. The third kappa shape index (κ3) is 6.50. The molecular weight excluding hydrogens is 186 g/mol. The summed E-state index contributed by atoms with van der Waals surface area (Å²) in [5, 5.41) is 11.0. The van der Waals surface area contributed by atoms with Crippen molar-refractivity contribution in [2.45, 2.75) is 18.6 Å². The minimum atomic E-state index is -0.0973. The quantitative estimate of drug-likeness (QED) is 0.478. The molecule has 4 heteroatoms. The molecule has 0 fully saturated rings. The van der Waals surface area contributed by atoms with Gasteiger partial charge in [0.25, 0.3) is 0 Å². The van der Waals surface area contributed by atoms with Gasteiger partial charge in [0.15, 0.2) is 0 Å². The lowest BCUT2D eigenvalue weighted by molar-refractivity contribution is -0.120. The summed E-state index contributed by atoms with van der Waals surface area (Å²) in [5.74, 6) is 3.09. The van der Waals surface area contributed by atoms with Crippen LogP contribution < -0.4 is 5.32 Å². The lowest BCUT2D eigenvalue weighted by Crippen LogP contribution is -2.31. The monoisotopic (exact) mass is 201 g/mol. The van der Waals surface area contributed by atoms with E-state index in [9.17, 15) is 4.79 Å². The van der Waals surface area contributed by atoms with Crippen molar-refractivity contribution in [1.29, 1.82) is 0 Å². The van der Waals surface area contributed by atoms with Gasteiger partial charge in [0, 0.05) is 6.61 Å². The second kappa shape index (κ2) is 7.96. The molecule has 3 nitrogen and oxygen atoms in total. The third-order valence-electron chi connectivity index (χ3n) is 1.40. The van der Waals surface area contributed by atoms with Crippen molar-refractivity contribution in [3.8, 4) is 12.3 Å². The van der Waals surface area contributed by atoms with Gasteiger partial charge in [0.1, 0.15) is 0 Å². The minimum Gasteiger partial charge on any atom is -0.396 e. The fourth-order valence-electron chi connectivity index (χ4n) is 0.682. The fourth-order valence-corrected chi connectivity index (χ4v) is 1.57. The maximum Gasteiger partial charge on any atom is 0.233 e. The average Bonchev–Trinajstić information content (AvgIpc) is 2.14. The molecule has 1 unspecified atom stereocenters. The number of carbonyl (C=O) groups excluding carboxylic acids is 1. The SMILES string of the molecule is C#CCNC(=O)C(C)SCCCO. The van der Waals surface area contributed by atoms with Gasteiger partial charge in [-0.2, -0.15) is 0 Å². The smallest absolute Gasteiger partial charge is 0.233 e. The van der Waals surface area contributed by atoms with Gasteiger partial charge in [-0.1, -0.05) is 5.92 Å². The molecule has 0 saturated carbocycles. The van der Waals surface area contributed by atoms with Gasteiger partial charge in [-0.25, -0.2) is 0 Å². The molecule has 0 aliphatic rings. The van der Waals surface area contributed by atoms with Crippen molar-refractivity contribution in [1.82, 2.24) is 5.32 Å². The van der Waals surface area contributed by atoms with E-state index < -0.39 is 0 Å². The first kappa shape index (κ1) is 12.3. The van der Waals surface area contributed by atoms with Crippen molar-refractivity contribution in [3.05, 3.63) is 0 Å². The summed E-state index contributed by atoms with van der Waals surface area (Å²) in [6.07, 6.45) is 5.71. The number of rotatable bonds is 6. The summed E-state index contributed by atoms with van der Waals surface area (Å²) in [7, 11) is 0. The predicted octanol–water partition coefficient (Wildman–Crippen LogP) is 0.240. The number of aliphatic hydroxyl groups excluding tert-OH is 1. The van der Waals surface area contributed by atoms with Gasteiger partial charge in [-0.15, -0.1) is 18.2 Å². The molecule has 0 spiro atoms. The Bertz CT molecular complexity index is 189. The van der Waals surface area contributed by atoms with E-state index in [-0.39, 0.29) is 24.3 Å². The summed E-state index contributed by atoms with van der Waals surface area (Å²) in [6, 6.07) is 0. The number of hydrogen-bond acceptors (Lipinski definition) is 3. The molecule has 0 bridgehead atoms. The highest BCUT2D eigenvalue weighted by Crippen LogP contribution is 2.10. The Hall–Kier alpha value is -0.660. The fraction of sp³-hybridized carbons (Fsp3) is 0.667. The van der Waals surface area contributed by atoms with Gasteiger partial charge in [0.05, 0.1) is 11.8 Å². The first-order valence-corrected chi connectivity index (χ1v) is 5.21. The number of aliphatic hydroxyl groups is 1. The molecule has 74 valence electrons. The van der Waals surface area contributed by atoms with Crippen LogP contribution in [0.4, 0.5) is 0 Å². The van der Waals surface area contributed by atoms with Crippen LogP contribution in [0.2, 0.25) is 0 Å². The first-order chi connectivity index (χ1) is 6.22. The average molecular weight is 201 g/mol. The molecule has 0 saturated heterocycles. The van der Waals surface area contributed by atoms with Crippen LogP contribution in [0.15, 0.2) is 0 Å². The maximum absolute atomic E-state index is 11.2. The van der Waals surface area contributed by atoms with Crippen molar-refractivity contribution < 1.29 is 9.90 Å². The Morgan fingerprint density at radius 2 is 2.46 bits per heavy atom. The highest BCUT2D eigenvalue weighted by Gasteiger charge is 2.11. The van der Waals surface area contributed by atoms with Crippen molar-refractivity contribution in [3.63, 3.8) is 0 Å². The van der Waals surface area contributed by atoms with Crippen LogP contribution in [0.25, 0.3) is 0 Å². The zero-order chi connectivity index (χ0) is 10.1. The van der Waals surface area contributed by atoms with Crippen LogP contribution in [-0.4, -0.2) is 35.2 Å². The molecule has 13 heavy (non-hydrogen) atoms. The van der Waals surface area contributed by atoms with Gasteiger partial charge in [-0.05, 0) is 19.1 Å². The van der Waals surface area contributed by atoms with Crippen LogP contribution in [-0.2, 0) is 4.79 Å². The topological polar surface area (TPSA) is 49.3 Å². The summed E-state index contributed by atoms with van der Waals surface area (Å²) in [5.41, 5.74) is 0. The molecule has 1 atom stereocenters. The van der Waals surface area contributed by atoms with E-state index in [1.807, 2.05) is 6.92 Å². The Morgan fingerprint density at radius 3 is 3.00 bits per heavy atom. The second-order valence-corrected chi connectivity index (χ2v) is 3.96. The summed E-state index contributed by atoms with van der Waals surface area (Å²) in [6.45, 7) is 2.28. The lowest BCUT2D eigenvalue weighted by atomic mass is 10.4. The summed E-state index contributed by atoms with van der Waals surface area (Å²) < 4.78 is 0. The van der Waals surface area contributed by atoms with E-state index in [1.54, 1.807) is 0 Å². The zero-order valence-corrected chi connectivity index (χ0v) is 8.56. The Labute approximate surface area is 83.3 Å². The van der Waals surface area contributed by atoms with E-state index >= 15 is 0 Å². The maximum atomic E-state index is 11.2. The molecule has 0 aromatic rings. The molecule has 0 rings (SSSR count). The standard InChI is InChI=1S/C9H15NO2S/c1-3-5-10-9(12)8(2)13-7-4-6-11/h1,8,11H,4-7H2,2H3,(H,10,12). The minimum absolute atomic E-state index is 0.0408. The normalized spacial score (nSPS) is 11.8. The molecule has 1 amide bonds. The Balaban J connectivity index is 3.52. The number of amides is 1. The van der Waals surface area contributed by atoms with Crippen LogP contribution in [0, 0.1) is 12.3 Å². The first-order valence-electron chi connectivity index (χ1n) is 4.16. The van der Waals surface area contributed by atoms with Gasteiger partial charge in [-0.3, -0.25) is 4.79 Å². The van der Waals surface area contributed by atoms with Gasteiger partial charge in [0.2, 0.25) is 5.91 Å². The molecule has 0 radical (unpaired) electrons. The highest BCUT2D eigenvalue weighted by molar-refractivity contribution is 8.00. The summed E-state index contributed by atoms with van der Waals surface area (Å²) in [4.78, 5) is 11.2. The largest absolute Gasteiger partial charge is 0.396 e.